The van der Waals surface area contributed by atoms with E-state index in [2.05, 4.69) is 47.0 Å². The van der Waals surface area contributed by atoms with E-state index in [9.17, 15) is 4.79 Å². The molecule has 2 bridgehead atoms. The first-order valence-corrected chi connectivity index (χ1v) is 8.96. The van der Waals surface area contributed by atoms with E-state index in [0.717, 1.165) is 18.4 Å². The van der Waals surface area contributed by atoms with Gasteiger partial charge in [-0.25, -0.2) is 0 Å². The minimum absolute atomic E-state index is 0. The van der Waals surface area contributed by atoms with Gasteiger partial charge in [-0.15, -0.1) is 12.4 Å². The maximum atomic E-state index is 12.3. The third-order valence-electron chi connectivity index (χ3n) is 5.26. The predicted octanol–water partition coefficient (Wildman–Crippen LogP) is 3.72. The van der Waals surface area contributed by atoms with Gasteiger partial charge in [-0.2, -0.15) is 0 Å². The third kappa shape index (κ3) is 4.42. The molecule has 4 heteroatoms. The molecule has 4 rings (SSSR count). The number of carbonyl (C=O) groups is 1. The van der Waals surface area contributed by atoms with Gasteiger partial charge in [0.05, 0.1) is 6.42 Å². The highest BCUT2D eigenvalue weighted by Crippen LogP contribution is 2.26. The number of halogens is 1. The summed E-state index contributed by atoms with van der Waals surface area (Å²) in [6, 6.07) is 20.2. The van der Waals surface area contributed by atoms with E-state index in [0.29, 0.717) is 24.5 Å². The molecule has 2 aromatic rings. The molecule has 2 aromatic carbocycles. The summed E-state index contributed by atoms with van der Waals surface area (Å²) in [6.07, 6.45) is 5.15. The predicted molar refractivity (Wildman–Crippen MR) is 104 cm³/mol. The van der Waals surface area contributed by atoms with Crippen LogP contribution in [0.1, 0.15) is 31.2 Å². The lowest BCUT2D eigenvalue weighted by molar-refractivity contribution is -0.121. The Morgan fingerprint density at radius 2 is 1.52 bits per heavy atom. The fourth-order valence-electron chi connectivity index (χ4n) is 4.08. The van der Waals surface area contributed by atoms with Crippen molar-refractivity contribution in [2.75, 3.05) is 0 Å². The molecule has 2 unspecified atom stereocenters. The summed E-state index contributed by atoms with van der Waals surface area (Å²) in [7, 11) is 0. The Morgan fingerprint density at radius 1 is 0.920 bits per heavy atom. The van der Waals surface area contributed by atoms with Crippen LogP contribution in [0.3, 0.4) is 0 Å². The monoisotopic (exact) mass is 356 g/mol. The highest BCUT2D eigenvalue weighted by molar-refractivity contribution is 5.85. The number of carbonyl (C=O) groups excluding carboxylic acids is 1. The third-order valence-corrected chi connectivity index (χ3v) is 5.26. The molecule has 0 aliphatic carbocycles. The van der Waals surface area contributed by atoms with Gasteiger partial charge in [0.1, 0.15) is 0 Å². The Balaban J connectivity index is 0.00000182. The first kappa shape index (κ1) is 18.0. The molecule has 2 atom stereocenters. The molecule has 0 radical (unpaired) electrons. The van der Waals surface area contributed by atoms with Crippen LogP contribution in [-0.4, -0.2) is 24.0 Å². The second-order valence-corrected chi connectivity index (χ2v) is 7.11. The van der Waals surface area contributed by atoms with Crippen molar-refractivity contribution in [2.24, 2.45) is 0 Å². The smallest absolute Gasteiger partial charge is 0.224 e. The summed E-state index contributed by atoms with van der Waals surface area (Å²) in [6.45, 7) is 0. The number of piperidine rings is 1. The zero-order valence-electron chi connectivity index (χ0n) is 14.3. The summed E-state index contributed by atoms with van der Waals surface area (Å²) >= 11 is 0. The van der Waals surface area contributed by atoms with E-state index >= 15 is 0 Å². The number of rotatable bonds is 4. The number of benzene rings is 2. The van der Waals surface area contributed by atoms with Crippen molar-refractivity contribution in [3.63, 3.8) is 0 Å². The average molecular weight is 357 g/mol. The summed E-state index contributed by atoms with van der Waals surface area (Å²) in [5.41, 5.74) is 3.47. The van der Waals surface area contributed by atoms with Crippen LogP contribution < -0.4 is 10.6 Å². The van der Waals surface area contributed by atoms with Crippen LogP contribution in [0.4, 0.5) is 0 Å². The molecule has 2 N–H and O–H groups in total. The SMILES string of the molecule is Cl.O=C(Cc1ccc(-c2ccccc2)cc1)NC1CC2CCC(C1)N2. The summed E-state index contributed by atoms with van der Waals surface area (Å²) in [5.74, 6) is 0.147. The van der Waals surface area contributed by atoms with Gasteiger partial charge in [0.25, 0.3) is 0 Å². The number of hydrogen-bond acceptors (Lipinski definition) is 2. The Morgan fingerprint density at radius 3 is 2.16 bits per heavy atom. The van der Waals surface area contributed by atoms with Gasteiger partial charge in [0.15, 0.2) is 0 Å². The zero-order valence-corrected chi connectivity index (χ0v) is 15.1. The summed E-state index contributed by atoms with van der Waals surface area (Å²) in [4.78, 5) is 12.3. The molecule has 2 aliphatic heterocycles. The largest absolute Gasteiger partial charge is 0.353 e. The van der Waals surface area contributed by atoms with Crippen LogP contribution in [-0.2, 0) is 11.2 Å². The summed E-state index contributed by atoms with van der Waals surface area (Å²) in [5, 5.41) is 6.85. The fraction of sp³-hybridized carbons (Fsp3) is 0.381. The van der Waals surface area contributed by atoms with Crippen LogP contribution in [0.25, 0.3) is 11.1 Å². The van der Waals surface area contributed by atoms with Gasteiger partial charge in [0, 0.05) is 18.1 Å². The van der Waals surface area contributed by atoms with Gasteiger partial charge in [0.2, 0.25) is 5.91 Å². The molecule has 2 aliphatic rings. The van der Waals surface area contributed by atoms with Gasteiger partial charge in [-0.1, -0.05) is 54.6 Å². The average Bonchev–Trinajstić information content (AvgIpc) is 2.95. The first-order chi connectivity index (χ1) is 11.8. The molecular weight excluding hydrogens is 332 g/mol. The standard InChI is InChI=1S/C21H24N2O.ClH/c24-21(23-20-13-18-10-11-19(14-20)22-18)12-15-6-8-17(9-7-15)16-4-2-1-3-5-16;/h1-9,18-20,22H,10-14H2,(H,23,24);1H. The molecule has 3 nitrogen and oxygen atoms in total. The minimum atomic E-state index is 0. The summed E-state index contributed by atoms with van der Waals surface area (Å²) < 4.78 is 0. The molecule has 132 valence electrons. The number of nitrogens with one attached hydrogen (secondary N) is 2. The Hall–Kier alpha value is -1.84. The number of hydrogen-bond donors (Lipinski definition) is 2. The minimum Gasteiger partial charge on any atom is -0.353 e. The second-order valence-electron chi connectivity index (χ2n) is 7.11. The van der Waals surface area contributed by atoms with E-state index in [1.54, 1.807) is 0 Å². The maximum absolute atomic E-state index is 12.3. The van der Waals surface area contributed by atoms with E-state index in [1.807, 2.05) is 18.2 Å². The van der Waals surface area contributed by atoms with Crippen molar-refractivity contribution in [3.8, 4) is 11.1 Å². The van der Waals surface area contributed by atoms with E-state index in [4.69, 9.17) is 0 Å². The fourth-order valence-corrected chi connectivity index (χ4v) is 4.08. The normalized spacial score (nSPS) is 24.4. The van der Waals surface area contributed by atoms with Gasteiger partial charge in [-0.3, -0.25) is 4.79 Å². The highest BCUT2D eigenvalue weighted by Gasteiger charge is 2.33. The van der Waals surface area contributed by atoms with E-state index in [1.165, 1.54) is 24.0 Å². The van der Waals surface area contributed by atoms with Crippen LogP contribution in [0, 0.1) is 0 Å². The number of amides is 1. The van der Waals surface area contributed by atoms with Gasteiger partial charge in [-0.05, 0) is 42.4 Å². The molecule has 1 amide bonds. The molecule has 2 heterocycles. The molecule has 2 saturated heterocycles. The van der Waals surface area contributed by atoms with Crippen molar-refractivity contribution < 1.29 is 4.79 Å². The Kier molecular flexibility index (Phi) is 5.77. The molecule has 25 heavy (non-hydrogen) atoms. The lowest BCUT2D eigenvalue weighted by Gasteiger charge is -2.29. The molecule has 0 saturated carbocycles. The molecular formula is C21H25ClN2O. The topological polar surface area (TPSA) is 41.1 Å². The van der Waals surface area contributed by atoms with E-state index in [-0.39, 0.29) is 18.3 Å². The van der Waals surface area contributed by atoms with Crippen LogP contribution in [0.5, 0.6) is 0 Å². The van der Waals surface area contributed by atoms with Gasteiger partial charge < -0.3 is 10.6 Å². The van der Waals surface area contributed by atoms with Crippen molar-refractivity contribution in [1.29, 1.82) is 0 Å². The van der Waals surface area contributed by atoms with Crippen molar-refractivity contribution in [3.05, 3.63) is 60.2 Å². The van der Waals surface area contributed by atoms with Crippen molar-refractivity contribution in [1.82, 2.24) is 10.6 Å². The zero-order chi connectivity index (χ0) is 16.4. The van der Waals surface area contributed by atoms with Crippen LogP contribution in [0.2, 0.25) is 0 Å². The Bertz CT molecular complexity index is 690. The van der Waals surface area contributed by atoms with Crippen LogP contribution in [0.15, 0.2) is 54.6 Å². The molecule has 0 spiro atoms. The molecule has 2 fully saturated rings. The number of fused-ring (bicyclic) bond motifs is 2. The first-order valence-electron chi connectivity index (χ1n) is 8.96. The van der Waals surface area contributed by atoms with Crippen molar-refractivity contribution >= 4 is 18.3 Å². The lowest BCUT2D eigenvalue weighted by atomic mass is 9.99. The Labute approximate surface area is 155 Å². The highest BCUT2D eigenvalue weighted by atomic mass is 35.5. The lowest BCUT2D eigenvalue weighted by Crippen LogP contribution is -2.48. The van der Waals surface area contributed by atoms with Crippen molar-refractivity contribution in [2.45, 2.75) is 50.2 Å². The van der Waals surface area contributed by atoms with E-state index < -0.39 is 0 Å². The molecule has 0 aromatic heterocycles. The van der Waals surface area contributed by atoms with Gasteiger partial charge >= 0.3 is 0 Å². The second kappa shape index (κ2) is 8.03. The van der Waals surface area contributed by atoms with Crippen LogP contribution >= 0.6 is 12.4 Å². The maximum Gasteiger partial charge on any atom is 0.224 e. The quantitative estimate of drug-likeness (QED) is 0.876.